The summed E-state index contributed by atoms with van der Waals surface area (Å²) in [6, 6.07) is 18.3. The summed E-state index contributed by atoms with van der Waals surface area (Å²) < 4.78 is 2.15. The lowest BCUT2D eigenvalue weighted by atomic mass is 10.0. The molecule has 2 heterocycles. The van der Waals surface area contributed by atoms with E-state index in [1.165, 1.54) is 11.3 Å². The van der Waals surface area contributed by atoms with Gasteiger partial charge in [0.2, 0.25) is 0 Å². The predicted octanol–water partition coefficient (Wildman–Crippen LogP) is 4.26. The first-order chi connectivity index (χ1) is 12.6. The molecule has 4 heteroatoms. The number of fused-ring (bicyclic) bond motifs is 1. The van der Waals surface area contributed by atoms with E-state index in [9.17, 15) is 4.79 Å². The lowest BCUT2D eigenvalue weighted by molar-refractivity contribution is 0.0711. The van der Waals surface area contributed by atoms with E-state index >= 15 is 0 Å². The van der Waals surface area contributed by atoms with Gasteiger partial charge < -0.3 is 14.4 Å². The molecule has 0 bridgehead atoms. The van der Waals surface area contributed by atoms with Gasteiger partial charge in [0.25, 0.3) is 5.91 Å². The molecule has 132 valence electrons. The van der Waals surface area contributed by atoms with Gasteiger partial charge in [-0.2, -0.15) is 0 Å². The van der Waals surface area contributed by atoms with Gasteiger partial charge in [-0.05, 0) is 36.2 Å². The summed E-state index contributed by atoms with van der Waals surface area (Å²) in [6.07, 6.45) is 5.08. The van der Waals surface area contributed by atoms with Crippen molar-refractivity contribution >= 4 is 11.6 Å². The van der Waals surface area contributed by atoms with Crippen LogP contribution in [0, 0.1) is 0 Å². The van der Waals surface area contributed by atoms with Crippen LogP contribution in [0.4, 0.5) is 5.69 Å². The molecule has 26 heavy (non-hydrogen) atoms. The standard InChI is InChI=1S/C22H23N3O/c1-4-16-9-5-7-11-19(16)25-14-13-17(15-25)21-23(2)20-12-8-6-10-18(20)22(26)24(21)3/h5-15,21H,4H2,1-3H3/t21-/m0/s1. The first kappa shape index (κ1) is 16.5. The summed E-state index contributed by atoms with van der Waals surface area (Å²) in [5, 5.41) is 0. The van der Waals surface area contributed by atoms with Gasteiger partial charge in [-0.1, -0.05) is 37.3 Å². The molecule has 1 aliphatic heterocycles. The van der Waals surface area contributed by atoms with E-state index in [4.69, 9.17) is 0 Å². The molecule has 2 aromatic carbocycles. The van der Waals surface area contributed by atoms with E-state index in [1.54, 1.807) is 0 Å². The molecular formula is C22H23N3O. The third kappa shape index (κ3) is 2.49. The minimum absolute atomic E-state index is 0.0606. The molecule has 0 saturated heterocycles. The normalized spacial score (nSPS) is 16.7. The van der Waals surface area contributed by atoms with E-state index < -0.39 is 0 Å². The van der Waals surface area contributed by atoms with Crippen molar-refractivity contribution in [2.24, 2.45) is 0 Å². The number of hydrogen-bond acceptors (Lipinski definition) is 2. The highest BCUT2D eigenvalue weighted by Gasteiger charge is 2.34. The minimum atomic E-state index is -0.118. The number of benzene rings is 2. The van der Waals surface area contributed by atoms with Gasteiger partial charge in [-0.3, -0.25) is 4.79 Å². The molecule has 0 aliphatic carbocycles. The number of carbonyl (C=O) groups excluding carboxylic acids is 1. The number of anilines is 1. The first-order valence-corrected chi connectivity index (χ1v) is 8.97. The van der Waals surface area contributed by atoms with E-state index in [-0.39, 0.29) is 12.1 Å². The second-order valence-electron chi connectivity index (χ2n) is 6.75. The molecule has 4 rings (SSSR count). The van der Waals surface area contributed by atoms with Crippen LogP contribution in [0.2, 0.25) is 0 Å². The molecule has 1 aliphatic rings. The quantitative estimate of drug-likeness (QED) is 0.709. The zero-order valence-corrected chi connectivity index (χ0v) is 15.4. The Kier molecular flexibility index (Phi) is 4.03. The molecular weight excluding hydrogens is 322 g/mol. The number of para-hydroxylation sites is 2. The summed E-state index contributed by atoms with van der Waals surface area (Å²) >= 11 is 0. The van der Waals surface area contributed by atoms with Crippen molar-refractivity contribution in [3.63, 3.8) is 0 Å². The molecule has 0 N–H and O–H groups in total. The summed E-state index contributed by atoms with van der Waals surface area (Å²) in [4.78, 5) is 16.8. The summed E-state index contributed by atoms with van der Waals surface area (Å²) in [7, 11) is 3.92. The van der Waals surface area contributed by atoms with Crippen LogP contribution in [0.25, 0.3) is 5.69 Å². The average Bonchev–Trinajstić information content (AvgIpc) is 3.16. The van der Waals surface area contributed by atoms with Gasteiger partial charge in [0.15, 0.2) is 0 Å². The number of aromatic nitrogens is 1. The fourth-order valence-electron chi connectivity index (χ4n) is 3.88. The molecule has 4 nitrogen and oxygen atoms in total. The van der Waals surface area contributed by atoms with E-state index in [0.29, 0.717) is 0 Å². The van der Waals surface area contributed by atoms with Crippen molar-refractivity contribution in [2.45, 2.75) is 19.5 Å². The highest BCUT2D eigenvalue weighted by molar-refractivity contribution is 6.01. The Morgan fingerprint density at radius 2 is 1.58 bits per heavy atom. The topological polar surface area (TPSA) is 28.5 Å². The van der Waals surface area contributed by atoms with Crippen LogP contribution in [-0.4, -0.2) is 29.5 Å². The van der Waals surface area contributed by atoms with E-state index in [0.717, 1.165) is 23.2 Å². The van der Waals surface area contributed by atoms with E-state index in [1.807, 2.05) is 43.3 Å². The number of rotatable bonds is 3. The molecule has 0 unspecified atom stereocenters. The Hall–Kier alpha value is -3.01. The van der Waals surface area contributed by atoms with Gasteiger partial charge in [0.1, 0.15) is 6.17 Å². The second kappa shape index (κ2) is 6.37. The Bertz CT molecular complexity index is 959. The molecule has 0 fully saturated rings. The maximum absolute atomic E-state index is 12.8. The predicted molar refractivity (Wildman–Crippen MR) is 105 cm³/mol. The van der Waals surface area contributed by atoms with Crippen LogP contribution in [0.3, 0.4) is 0 Å². The van der Waals surface area contributed by atoms with Crippen LogP contribution in [0.15, 0.2) is 67.0 Å². The van der Waals surface area contributed by atoms with E-state index in [2.05, 4.69) is 59.1 Å². The third-order valence-electron chi connectivity index (χ3n) is 5.23. The monoisotopic (exact) mass is 345 g/mol. The summed E-state index contributed by atoms with van der Waals surface area (Å²) in [5.41, 5.74) is 5.33. The largest absolute Gasteiger partial charge is 0.350 e. The fourth-order valence-corrected chi connectivity index (χ4v) is 3.88. The minimum Gasteiger partial charge on any atom is -0.350 e. The van der Waals surface area contributed by atoms with Crippen LogP contribution in [0.5, 0.6) is 0 Å². The molecule has 1 atom stereocenters. The smallest absolute Gasteiger partial charge is 0.257 e. The molecule has 3 aromatic rings. The second-order valence-corrected chi connectivity index (χ2v) is 6.75. The number of amides is 1. The highest BCUT2D eigenvalue weighted by Crippen LogP contribution is 2.37. The van der Waals surface area contributed by atoms with Crippen molar-refractivity contribution in [3.05, 3.63) is 83.7 Å². The maximum Gasteiger partial charge on any atom is 0.257 e. The van der Waals surface area contributed by atoms with Crippen LogP contribution < -0.4 is 4.90 Å². The van der Waals surface area contributed by atoms with Crippen molar-refractivity contribution in [3.8, 4) is 5.69 Å². The maximum atomic E-state index is 12.8. The fraction of sp³-hybridized carbons (Fsp3) is 0.227. The van der Waals surface area contributed by atoms with Crippen LogP contribution >= 0.6 is 0 Å². The van der Waals surface area contributed by atoms with Gasteiger partial charge in [0, 0.05) is 37.7 Å². The number of aryl methyl sites for hydroxylation is 1. The van der Waals surface area contributed by atoms with Gasteiger partial charge in [0.05, 0.1) is 11.3 Å². The molecule has 1 aromatic heterocycles. The summed E-state index contributed by atoms with van der Waals surface area (Å²) in [6.45, 7) is 2.17. The van der Waals surface area contributed by atoms with Crippen LogP contribution in [-0.2, 0) is 6.42 Å². The summed E-state index contributed by atoms with van der Waals surface area (Å²) in [5.74, 6) is 0.0606. The zero-order chi connectivity index (χ0) is 18.3. The van der Waals surface area contributed by atoms with Crippen LogP contribution in [0.1, 0.15) is 34.6 Å². The zero-order valence-electron chi connectivity index (χ0n) is 15.4. The Morgan fingerprint density at radius 1 is 0.885 bits per heavy atom. The first-order valence-electron chi connectivity index (χ1n) is 8.97. The molecule has 1 amide bonds. The highest BCUT2D eigenvalue weighted by atomic mass is 16.2. The van der Waals surface area contributed by atoms with Gasteiger partial charge in [-0.25, -0.2) is 0 Å². The van der Waals surface area contributed by atoms with Gasteiger partial charge in [-0.15, -0.1) is 0 Å². The third-order valence-corrected chi connectivity index (χ3v) is 5.23. The molecule has 0 saturated carbocycles. The van der Waals surface area contributed by atoms with Crippen molar-refractivity contribution < 1.29 is 4.79 Å². The number of nitrogens with zero attached hydrogens (tertiary/aromatic N) is 3. The lowest BCUT2D eigenvalue weighted by Gasteiger charge is -2.41. The van der Waals surface area contributed by atoms with Crippen molar-refractivity contribution in [2.75, 3.05) is 19.0 Å². The number of carbonyl (C=O) groups is 1. The lowest BCUT2D eigenvalue weighted by Crippen LogP contribution is -2.45. The average molecular weight is 345 g/mol. The molecule has 0 spiro atoms. The Labute approximate surface area is 154 Å². The number of hydrogen-bond donors (Lipinski definition) is 0. The van der Waals surface area contributed by atoms with Crippen molar-refractivity contribution in [1.29, 1.82) is 0 Å². The molecule has 0 radical (unpaired) electrons. The SMILES string of the molecule is CCc1ccccc1-n1ccc([C@@H]2N(C)C(=O)c3ccccc3N2C)c1. The Morgan fingerprint density at radius 3 is 2.35 bits per heavy atom. The van der Waals surface area contributed by atoms with Gasteiger partial charge >= 0.3 is 0 Å². The van der Waals surface area contributed by atoms with Crippen molar-refractivity contribution in [1.82, 2.24) is 9.47 Å². The Balaban J connectivity index is 1.75.